The first-order valence-corrected chi connectivity index (χ1v) is 11.3. The summed E-state index contributed by atoms with van der Waals surface area (Å²) in [6, 6.07) is 0.428. The summed E-state index contributed by atoms with van der Waals surface area (Å²) in [6.45, 7) is 10.7. The number of fused-ring (bicyclic) bond motifs is 1. The molecule has 4 saturated heterocycles. The maximum Gasteiger partial charge on any atom is 0.230 e. The van der Waals surface area contributed by atoms with Gasteiger partial charge in [-0.2, -0.15) is 0 Å². The fourth-order valence-corrected chi connectivity index (χ4v) is 5.89. The highest BCUT2D eigenvalue weighted by atomic mass is 16.5. The lowest BCUT2D eigenvalue weighted by Gasteiger charge is -2.47. The SMILES string of the molecule is CCC(CC)CN1C[C@]23C=C[C@H](O2)[C@@H](C(=O)N2CC(N4CCOCC4)C2)[C@H]3C1=O. The number of likely N-dealkylation sites (tertiary alicyclic amines) is 2. The van der Waals surface area contributed by atoms with Crippen LogP contribution in [0.1, 0.15) is 26.7 Å². The maximum atomic E-state index is 13.4. The summed E-state index contributed by atoms with van der Waals surface area (Å²) in [5.74, 6) is 0.0293. The van der Waals surface area contributed by atoms with Crippen molar-refractivity contribution in [2.75, 3.05) is 52.5 Å². The zero-order valence-electron chi connectivity index (χ0n) is 17.6. The zero-order valence-corrected chi connectivity index (χ0v) is 17.6. The number of carbonyl (C=O) groups excluding carboxylic acids is 2. The fourth-order valence-electron chi connectivity index (χ4n) is 5.89. The lowest BCUT2D eigenvalue weighted by Crippen LogP contribution is -2.64. The minimum atomic E-state index is -0.581. The smallest absolute Gasteiger partial charge is 0.230 e. The number of hydrogen-bond acceptors (Lipinski definition) is 5. The van der Waals surface area contributed by atoms with Gasteiger partial charge < -0.3 is 19.3 Å². The van der Waals surface area contributed by atoms with Crippen molar-refractivity contribution in [3.63, 3.8) is 0 Å². The second kappa shape index (κ2) is 7.36. The largest absolute Gasteiger partial charge is 0.379 e. The molecule has 5 heterocycles. The van der Waals surface area contributed by atoms with Gasteiger partial charge >= 0.3 is 0 Å². The minimum absolute atomic E-state index is 0.105. The molecule has 0 aliphatic carbocycles. The Balaban J connectivity index is 1.26. The molecular formula is C22H33N3O4. The third-order valence-electron chi connectivity index (χ3n) is 7.83. The third-order valence-corrected chi connectivity index (χ3v) is 7.83. The molecule has 2 amide bonds. The Bertz CT molecular complexity index is 696. The predicted octanol–water partition coefficient (Wildman–Crippen LogP) is 0.748. The van der Waals surface area contributed by atoms with E-state index in [0.29, 0.717) is 18.5 Å². The van der Waals surface area contributed by atoms with Gasteiger partial charge in [0.1, 0.15) is 5.60 Å². The van der Waals surface area contributed by atoms with Crippen molar-refractivity contribution in [1.29, 1.82) is 0 Å². The molecule has 29 heavy (non-hydrogen) atoms. The van der Waals surface area contributed by atoms with Crippen molar-refractivity contribution in [2.45, 2.75) is 44.4 Å². The van der Waals surface area contributed by atoms with Gasteiger partial charge in [0, 0.05) is 38.8 Å². The van der Waals surface area contributed by atoms with E-state index in [4.69, 9.17) is 9.47 Å². The average Bonchev–Trinajstić information content (AvgIpc) is 3.34. The van der Waals surface area contributed by atoms with Crippen LogP contribution >= 0.6 is 0 Å². The summed E-state index contributed by atoms with van der Waals surface area (Å²) in [5.41, 5.74) is -0.581. The van der Waals surface area contributed by atoms with Crippen LogP contribution in [0.3, 0.4) is 0 Å². The first-order valence-electron chi connectivity index (χ1n) is 11.3. The van der Waals surface area contributed by atoms with Crippen molar-refractivity contribution in [2.24, 2.45) is 17.8 Å². The molecule has 0 aromatic carbocycles. The van der Waals surface area contributed by atoms with Gasteiger partial charge in [0.05, 0.1) is 37.7 Å². The highest BCUT2D eigenvalue weighted by molar-refractivity contribution is 5.93. The Labute approximate surface area is 173 Å². The first-order chi connectivity index (χ1) is 14.1. The van der Waals surface area contributed by atoms with E-state index in [-0.39, 0.29) is 29.8 Å². The van der Waals surface area contributed by atoms with E-state index in [1.54, 1.807) is 0 Å². The number of morpholine rings is 1. The van der Waals surface area contributed by atoms with Gasteiger partial charge in [-0.3, -0.25) is 14.5 Å². The summed E-state index contributed by atoms with van der Waals surface area (Å²) < 4.78 is 11.7. The van der Waals surface area contributed by atoms with Crippen molar-refractivity contribution in [1.82, 2.24) is 14.7 Å². The lowest BCUT2D eigenvalue weighted by atomic mass is 9.76. The van der Waals surface area contributed by atoms with Gasteiger partial charge in [-0.15, -0.1) is 0 Å². The molecule has 5 aliphatic rings. The number of rotatable bonds is 6. The number of amides is 2. The minimum Gasteiger partial charge on any atom is -0.379 e. The summed E-state index contributed by atoms with van der Waals surface area (Å²) in [5, 5.41) is 0. The van der Waals surface area contributed by atoms with Crippen LogP contribution in [-0.2, 0) is 19.1 Å². The van der Waals surface area contributed by atoms with Crippen LogP contribution in [-0.4, -0.2) is 96.7 Å². The van der Waals surface area contributed by atoms with Crippen LogP contribution in [0.25, 0.3) is 0 Å². The van der Waals surface area contributed by atoms with Crippen LogP contribution in [0, 0.1) is 17.8 Å². The van der Waals surface area contributed by atoms with E-state index < -0.39 is 5.60 Å². The second-order valence-corrected chi connectivity index (χ2v) is 9.35. The van der Waals surface area contributed by atoms with E-state index in [2.05, 4.69) is 24.8 Å². The predicted molar refractivity (Wildman–Crippen MR) is 107 cm³/mol. The van der Waals surface area contributed by atoms with Crippen molar-refractivity contribution < 1.29 is 19.1 Å². The fraction of sp³-hybridized carbons (Fsp3) is 0.818. The highest BCUT2D eigenvalue weighted by Gasteiger charge is 2.67. The normalized spacial score (nSPS) is 36.9. The average molecular weight is 404 g/mol. The molecule has 4 atom stereocenters. The van der Waals surface area contributed by atoms with E-state index in [1.807, 2.05) is 15.9 Å². The van der Waals surface area contributed by atoms with Crippen LogP contribution in [0.15, 0.2) is 12.2 Å². The highest BCUT2D eigenvalue weighted by Crippen LogP contribution is 2.52. The van der Waals surface area contributed by atoms with Gasteiger partial charge in [-0.25, -0.2) is 0 Å². The van der Waals surface area contributed by atoms with Crippen LogP contribution in [0.4, 0.5) is 0 Å². The molecular weight excluding hydrogens is 370 g/mol. The van der Waals surface area contributed by atoms with Gasteiger partial charge in [-0.1, -0.05) is 38.8 Å². The molecule has 2 bridgehead atoms. The molecule has 5 aliphatic heterocycles. The van der Waals surface area contributed by atoms with E-state index in [1.165, 1.54) is 0 Å². The van der Waals surface area contributed by atoms with Gasteiger partial charge in [0.15, 0.2) is 0 Å². The molecule has 7 heteroatoms. The third kappa shape index (κ3) is 3.04. The molecule has 4 fully saturated rings. The van der Waals surface area contributed by atoms with E-state index in [9.17, 15) is 9.59 Å². The molecule has 5 rings (SSSR count). The second-order valence-electron chi connectivity index (χ2n) is 9.35. The van der Waals surface area contributed by atoms with E-state index in [0.717, 1.165) is 58.8 Å². The van der Waals surface area contributed by atoms with Crippen molar-refractivity contribution in [3.8, 4) is 0 Å². The summed E-state index contributed by atoms with van der Waals surface area (Å²) in [7, 11) is 0. The van der Waals surface area contributed by atoms with Crippen LogP contribution < -0.4 is 0 Å². The topological polar surface area (TPSA) is 62.3 Å². The Morgan fingerprint density at radius 3 is 2.66 bits per heavy atom. The number of nitrogens with zero attached hydrogens (tertiary/aromatic N) is 3. The Kier molecular flexibility index (Phi) is 4.95. The standard InChI is InChI=1S/C22H33N3O4/c1-3-15(4-2)11-25-14-22-6-5-17(29-22)18(19(22)21(25)27)20(26)24-12-16(13-24)23-7-9-28-10-8-23/h5-6,15-19H,3-4,7-14H2,1-2H3/t17-,18+,19-,22-/m0/s1. The quantitative estimate of drug-likeness (QED) is 0.613. The summed E-state index contributed by atoms with van der Waals surface area (Å²) in [6.07, 6.45) is 5.97. The molecule has 0 aromatic rings. The molecule has 1 spiro atoms. The Morgan fingerprint density at radius 1 is 1.24 bits per heavy atom. The maximum absolute atomic E-state index is 13.4. The van der Waals surface area contributed by atoms with Crippen molar-refractivity contribution >= 4 is 11.8 Å². The summed E-state index contributed by atoms with van der Waals surface area (Å²) >= 11 is 0. The van der Waals surface area contributed by atoms with Crippen molar-refractivity contribution in [3.05, 3.63) is 12.2 Å². The van der Waals surface area contributed by atoms with Crippen LogP contribution in [0.2, 0.25) is 0 Å². The Hall–Kier alpha value is -1.44. The number of hydrogen-bond donors (Lipinski definition) is 0. The van der Waals surface area contributed by atoms with Gasteiger partial charge in [0.2, 0.25) is 11.8 Å². The number of ether oxygens (including phenoxy) is 2. The lowest BCUT2D eigenvalue weighted by molar-refractivity contribution is -0.150. The molecule has 0 aromatic heterocycles. The number of carbonyl (C=O) groups is 2. The van der Waals surface area contributed by atoms with Gasteiger partial charge in [0.25, 0.3) is 0 Å². The summed E-state index contributed by atoms with van der Waals surface area (Å²) in [4.78, 5) is 33.0. The molecule has 0 unspecified atom stereocenters. The Morgan fingerprint density at radius 2 is 1.97 bits per heavy atom. The molecule has 0 N–H and O–H groups in total. The molecule has 160 valence electrons. The monoisotopic (exact) mass is 403 g/mol. The van der Waals surface area contributed by atoms with E-state index >= 15 is 0 Å². The zero-order chi connectivity index (χ0) is 20.2. The molecule has 0 radical (unpaired) electrons. The molecule has 0 saturated carbocycles. The first kappa shape index (κ1) is 19.5. The van der Waals surface area contributed by atoms with Gasteiger partial charge in [-0.05, 0) is 5.92 Å². The van der Waals surface area contributed by atoms with Crippen LogP contribution in [0.5, 0.6) is 0 Å². The molecule has 7 nitrogen and oxygen atoms in total.